The Morgan fingerprint density at radius 3 is 2.76 bits per heavy atom. The third kappa shape index (κ3) is 3.86. The molecule has 0 aromatic heterocycles. The number of nitrogens with two attached hydrogens (primary N) is 1. The van der Waals surface area contributed by atoms with Crippen molar-refractivity contribution < 1.29 is 14.3 Å². The number of rotatable bonds is 4. The number of hydrogen-bond acceptors (Lipinski definition) is 3. The summed E-state index contributed by atoms with van der Waals surface area (Å²) in [6.07, 6.45) is 0. The SMILES string of the molecule is N/C(=N/O)c1ccc(COc2cc(F)ccc2Br)c(Cl)c1. The van der Waals surface area contributed by atoms with Gasteiger partial charge in [0.15, 0.2) is 5.84 Å². The van der Waals surface area contributed by atoms with E-state index in [1.54, 1.807) is 24.3 Å². The highest BCUT2D eigenvalue weighted by Gasteiger charge is 2.08. The van der Waals surface area contributed by atoms with Crippen molar-refractivity contribution in [3.63, 3.8) is 0 Å². The Bertz CT molecular complexity index is 695. The fourth-order valence-corrected chi connectivity index (χ4v) is 2.22. The van der Waals surface area contributed by atoms with Crippen LogP contribution in [0.4, 0.5) is 4.39 Å². The maximum absolute atomic E-state index is 13.2. The molecule has 0 fully saturated rings. The number of ether oxygens (including phenoxy) is 1. The van der Waals surface area contributed by atoms with Crippen LogP contribution in [-0.2, 0) is 6.61 Å². The molecular formula is C14H11BrClFN2O2. The van der Waals surface area contributed by atoms with Gasteiger partial charge in [0.1, 0.15) is 18.2 Å². The van der Waals surface area contributed by atoms with Gasteiger partial charge < -0.3 is 15.7 Å². The molecule has 2 rings (SSSR count). The second-order valence-corrected chi connectivity index (χ2v) is 5.42. The van der Waals surface area contributed by atoms with Crippen molar-refractivity contribution in [2.75, 3.05) is 0 Å². The summed E-state index contributed by atoms with van der Waals surface area (Å²) >= 11 is 9.39. The molecule has 0 atom stereocenters. The van der Waals surface area contributed by atoms with Crippen LogP contribution in [0.3, 0.4) is 0 Å². The van der Waals surface area contributed by atoms with Crippen molar-refractivity contribution in [1.82, 2.24) is 0 Å². The Hall–Kier alpha value is -1.79. The molecule has 0 radical (unpaired) electrons. The molecule has 0 spiro atoms. The number of hydrogen-bond donors (Lipinski definition) is 2. The molecule has 0 heterocycles. The van der Waals surface area contributed by atoms with Gasteiger partial charge in [-0.05, 0) is 34.1 Å². The van der Waals surface area contributed by atoms with E-state index in [0.29, 0.717) is 26.4 Å². The van der Waals surface area contributed by atoms with E-state index in [2.05, 4.69) is 21.1 Å². The number of halogens is 3. The second kappa shape index (κ2) is 6.78. The van der Waals surface area contributed by atoms with Crippen LogP contribution < -0.4 is 10.5 Å². The van der Waals surface area contributed by atoms with Gasteiger partial charge >= 0.3 is 0 Å². The molecule has 21 heavy (non-hydrogen) atoms. The summed E-state index contributed by atoms with van der Waals surface area (Å²) in [6.45, 7) is 0.164. The summed E-state index contributed by atoms with van der Waals surface area (Å²) in [4.78, 5) is 0. The molecule has 7 heteroatoms. The quantitative estimate of drug-likeness (QED) is 0.369. The normalized spacial score (nSPS) is 11.5. The van der Waals surface area contributed by atoms with Crippen molar-refractivity contribution in [2.45, 2.75) is 6.61 Å². The Morgan fingerprint density at radius 2 is 2.10 bits per heavy atom. The largest absolute Gasteiger partial charge is 0.488 e. The molecule has 110 valence electrons. The molecular weight excluding hydrogens is 363 g/mol. The predicted molar refractivity (Wildman–Crippen MR) is 82.4 cm³/mol. The van der Waals surface area contributed by atoms with Gasteiger partial charge in [0.2, 0.25) is 0 Å². The van der Waals surface area contributed by atoms with Crippen LogP contribution in [0.25, 0.3) is 0 Å². The molecule has 0 aliphatic carbocycles. The molecule has 4 nitrogen and oxygen atoms in total. The number of benzene rings is 2. The molecule has 0 amide bonds. The highest BCUT2D eigenvalue weighted by Crippen LogP contribution is 2.27. The first-order valence-electron chi connectivity index (χ1n) is 5.85. The van der Waals surface area contributed by atoms with Crippen LogP contribution in [-0.4, -0.2) is 11.0 Å². The van der Waals surface area contributed by atoms with Crippen molar-refractivity contribution in [3.05, 3.63) is 62.8 Å². The fourth-order valence-electron chi connectivity index (χ4n) is 1.62. The van der Waals surface area contributed by atoms with E-state index in [-0.39, 0.29) is 18.3 Å². The first-order chi connectivity index (χ1) is 10.0. The summed E-state index contributed by atoms with van der Waals surface area (Å²) in [5, 5.41) is 11.9. The average Bonchev–Trinajstić information content (AvgIpc) is 2.48. The van der Waals surface area contributed by atoms with Crippen molar-refractivity contribution in [2.24, 2.45) is 10.9 Å². The summed E-state index contributed by atoms with van der Waals surface area (Å²) < 4.78 is 19.3. The van der Waals surface area contributed by atoms with Crippen LogP contribution in [0.1, 0.15) is 11.1 Å². The second-order valence-electron chi connectivity index (χ2n) is 4.15. The van der Waals surface area contributed by atoms with Gasteiger partial charge in [-0.25, -0.2) is 4.39 Å². The van der Waals surface area contributed by atoms with Crippen LogP contribution in [0, 0.1) is 5.82 Å². The lowest BCUT2D eigenvalue weighted by atomic mass is 10.1. The van der Waals surface area contributed by atoms with Gasteiger partial charge in [0.05, 0.1) is 4.47 Å². The van der Waals surface area contributed by atoms with Crippen LogP contribution >= 0.6 is 27.5 Å². The maximum atomic E-state index is 13.2. The molecule has 0 aliphatic rings. The van der Waals surface area contributed by atoms with Gasteiger partial charge in [0, 0.05) is 22.2 Å². The van der Waals surface area contributed by atoms with Crippen LogP contribution in [0.15, 0.2) is 46.0 Å². The number of amidine groups is 1. The monoisotopic (exact) mass is 372 g/mol. The topological polar surface area (TPSA) is 67.8 Å². The molecule has 3 N–H and O–H groups in total. The first kappa shape index (κ1) is 15.6. The van der Waals surface area contributed by atoms with E-state index in [0.717, 1.165) is 0 Å². The summed E-state index contributed by atoms with van der Waals surface area (Å²) in [6, 6.07) is 9.09. The molecule has 0 unspecified atom stereocenters. The van der Waals surface area contributed by atoms with E-state index < -0.39 is 0 Å². The minimum absolute atomic E-state index is 0.0303. The number of nitrogens with zero attached hydrogens (tertiary/aromatic N) is 1. The third-order valence-electron chi connectivity index (χ3n) is 2.73. The first-order valence-corrected chi connectivity index (χ1v) is 7.02. The van der Waals surface area contributed by atoms with Crippen molar-refractivity contribution >= 4 is 33.4 Å². The zero-order valence-corrected chi connectivity index (χ0v) is 13.0. The maximum Gasteiger partial charge on any atom is 0.170 e. The molecule has 2 aromatic rings. The summed E-state index contributed by atoms with van der Waals surface area (Å²) in [7, 11) is 0. The number of oxime groups is 1. The lowest BCUT2D eigenvalue weighted by molar-refractivity contribution is 0.302. The predicted octanol–water partition coefficient (Wildman–Crippen LogP) is 3.92. The van der Waals surface area contributed by atoms with E-state index in [9.17, 15) is 4.39 Å². The van der Waals surface area contributed by atoms with E-state index >= 15 is 0 Å². The lowest BCUT2D eigenvalue weighted by Gasteiger charge is -2.10. The third-order valence-corrected chi connectivity index (χ3v) is 3.74. The van der Waals surface area contributed by atoms with E-state index in [1.807, 2.05) is 0 Å². The molecule has 0 aliphatic heterocycles. The Balaban J connectivity index is 2.15. The zero-order chi connectivity index (χ0) is 15.4. The fraction of sp³-hybridized carbons (Fsp3) is 0.0714. The zero-order valence-electron chi connectivity index (χ0n) is 10.7. The molecule has 2 aromatic carbocycles. The van der Waals surface area contributed by atoms with Crippen molar-refractivity contribution in [1.29, 1.82) is 0 Å². The Labute approximate surface area is 134 Å². The van der Waals surface area contributed by atoms with Gasteiger partial charge in [-0.2, -0.15) is 0 Å². The van der Waals surface area contributed by atoms with E-state index in [4.69, 9.17) is 27.3 Å². The lowest BCUT2D eigenvalue weighted by Crippen LogP contribution is -2.13. The van der Waals surface area contributed by atoms with Crippen LogP contribution in [0.2, 0.25) is 5.02 Å². The van der Waals surface area contributed by atoms with Crippen LogP contribution in [0.5, 0.6) is 5.75 Å². The summed E-state index contributed by atoms with van der Waals surface area (Å²) in [5.74, 6) is -0.0367. The highest BCUT2D eigenvalue weighted by molar-refractivity contribution is 9.10. The Kier molecular flexibility index (Phi) is 5.03. The van der Waals surface area contributed by atoms with E-state index in [1.165, 1.54) is 12.1 Å². The van der Waals surface area contributed by atoms with Gasteiger partial charge in [-0.1, -0.05) is 28.9 Å². The van der Waals surface area contributed by atoms with Crippen molar-refractivity contribution in [3.8, 4) is 5.75 Å². The molecule has 0 saturated heterocycles. The average molecular weight is 374 g/mol. The van der Waals surface area contributed by atoms with Gasteiger partial charge in [0.25, 0.3) is 0 Å². The van der Waals surface area contributed by atoms with Gasteiger partial charge in [-0.3, -0.25) is 0 Å². The molecule has 0 saturated carbocycles. The van der Waals surface area contributed by atoms with Gasteiger partial charge in [-0.15, -0.1) is 0 Å². The molecule has 0 bridgehead atoms. The minimum Gasteiger partial charge on any atom is -0.488 e. The summed E-state index contributed by atoms with van der Waals surface area (Å²) in [5.41, 5.74) is 6.67. The smallest absolute Gasteiger partial charge is 0.170 e. The minimum atomic E-state index is -0.387. The Morgan fingerprint density at radius 1 is 1.33 bits per heavy atom. The standard InChI is InChI=1S/C14H11BrClFN2O2/c15-11-4-3-10(17)6-13(11)21-7-9-2-1-8(5-12(9)16)14(18)19-20/h1-6,20H,7H2,(H2,18,19). The highest BCUT2D eigenvalue weighted by atomic mass is 79.9.